The van der Waals surface area contributed by atoms with E-state index in [1.807, 2.05) is 25.1 Å². The highest BCUT2D eigenvalue weighted by molar-refractivity contribution is 8.18. The molecule has 2 heterocycles. The van der Waals surface area contributed by atoms with E-state index >= 15 is 0 Å². The average Bonchev–Trinajstić information content (AvgIpc) is 3.39. The number of amides is 2. The number of nitro benzene ring substituents is 1. The molecule has 8 nitrogen and oxygen atoms in total. The van der Waals surface area contributed by atoms with Crippen molar-refractivity contribution in [3.63, 3.8) is 0 Å². The molecule has 2 aromatic carbocycles. The number of aryl methyl sites for hydroxylation is 2. The van der Waals surface area contributed by atoms with Crippen LogP contribution in [0.2, 0.25) is 0 Å². The molecule has 1 aliphatic rings. The number of carbonyl (C=O) groups excluding carboxylic acids is 2. The predicted octanol–water partition coefficient (Wildman–Crippen LogP) is 6.71. The Bertz CT molecular complexity index is 1370. The average molecular weight is 507 g/mol. The summed E-state index contributed by atoms with van der Waals surface area (Å²) in [6.07, 6.45) is 1.51. The smallest absolute Gasteiger partial charge is 0.293 e. The van der Waals surface area contributed by atoms with Gasteiger partial charge in [0.1, 0.15) is 23.9 Å². The molecule has 0 bridgehead atoms. The van der Waals surface area contributed by atoms with Gasteiger partial charge in [-0.25, -0.2) is 0 Å². The van der Waals surface area contributed by atoms with Crippen LogP contribution in [0.3, 0.4) is 0 Å². The number of ether oxygens (including phenoxy) is 1. The molecule has 36 heavy (non-hydrogen) atoms. The number of benzene rings is 2. The molecule has 0 atom stereocenters. The Morgan fingerprint density at radius 3 is 2.61 bits per heavy atom. The number of carbonyl (C=O) groups is 2. The Kier molecular flexibility index (Phi) is 7.30. The van der Waals surface area contributed by atoms with Crippen LogP contribution in [0.1, 0.15) is 42.2 Å². The van der Waals surface area contributed by atoms with Crippen molar-refractivity contribution in [3.8, 4) is 17.1 Å². The van der Waals surface area contributed by atoms with Gasteiger partial charge in [0, 0.05) is 23.3 Å². The first-order valence-electron chi connectivity index (χ1n) is 11.5. The van der Waals surface area contributed by atoms with Crippen LogP contribution >= 0.6 is 11.8 Å². The predicted molar refractivity (Wildman–Crippen MR) is 139 cm³/mol. The summed E-state index contributed by atoms with van der Waals surface area (Å²) in [5.41, 5.74) is 3.24. The summed E-state index contributed by atoms with van der Waals surface area (Å²) < 4.78 is 11.7. The van der Waals surface area contributed by atoms with Crippen LogP contribution in [-0.2, 0) is 4.79 Å². The maximum atomic E-state index is 12.9. The maximum Gasteiger partial charge on any atom is 0.293 e. The second-order valence-corrected chi connectivity index (χ2v) is 9.83. The molecule has 0 saturated carbocycles. The molecule has 9 heteroatoms. The molecule has 1 aliphatic heterocycles. The van der Waals surface area contributed by atoms with Gasteiger partial charge in [0.2, 0.25) is 0 Å². The quantitative estimate of drug-likeness (QED) is 0.190. The third-order valence-electron chi connectivity index (χ3n) is 5.83. The molecule has 1 saturated heterocycles. The van der Waals surface area contributed by atoms with Gasteiger partial charge in [-0.1, -0.05) is 38.1 Å². The number of rotatable bonds is 8. The van der Waals surface area contributed by atoms with Crippen LogP contribution in [0, 0.1) is 24.0 Å². The molecule has 0 unspecified atom stereocenters. The van der Waals surface area contributed by atoms with E-state index in [4.69, 9.17) is 9.15 Å². The second kappa shape index (κ2) is 10.4. The summed E-state index contributed by atoms with van der Waals surface area (Å²) in [7, 11) is 0. The van der Waals surface area contributed by atoms with E-state index in [1.54, 1.807) is 31.2 Å². The highest BCUT2D eigenvalue weighted by Crippen LogP contribution is 2.34. The van der Waals surface area contributed by atoms with E-state index in [0.717, 1.165) is 33.5 Å². The molecule has 1 fully saturated rings. The zero-order chi connectivity index (χ0) is 26.0. The Labute approximate surface area is 213 Å². The molecule has 0 radical (unpaired) electrons. The Morgan fingerprint density at radius 1 is 1.11 bits per heavy atom. The molecule has 1 aromatic heterocycles. The van der Waals surface area contributed by atoms with Gasteiger partial charge in [0.05, 0.1) is 16.4 Å². The van der Waals surface area contributed by atoms with Crippen LogP contribution in [0.5, 0.6) is 5.75 Å². The number of hydrogen-bond donors (Lipinski definition) is 0. The number of nitrogens with zero attached hydrogens (tertiary/aromatic N) is 2. The summed E-state index contributed by atoms with van der Waals surface area (Å²) >= 11 is 0.840. The molecule has 4 rings (SSSR count). The van der Waals surface area contributed by atoms with Crippen molar-refractivity contribution in [2.24, 2.45) is 0 Å². The lowest BCUT2D eigenvalue weighted by molar-refractivity contribution is -0.385. The fourth-order valence-electron chi connectivity index (χ4n) is 3.86. The highest BCUT2D eigenvalue weighted by Gasteiger charge is 2.35. The molecular formula is C27H26N2O6S. The van der Waals surface area contributed by atoms with Gasteiger partial charge in [-0.3, -0.25) is 24.6 Å². The number of furan rings is 1. The van der Waals surface area contributed by atoms with Crippen molar-refractivity contribution in [3.05, 3.63) is 86.0 Å². The van der Waals surface area contributed by atoms with E-state index in [0.29, 0.717) is 22.6 Å². The van der Waals surface area contributed by atoms with Crippen LogP contribution in [0.25, 0.3) is 17.4 Å². The number of hydrogen-bond acceptors (Lipinski definition) is 7. The minimum Gasteiger partial charge on any atom is -0.491 e. The second-order valence-electron chi connectivity index (χ2n) is 8.84. The van der Waals surface area contributed by atoms with E-state index in [-0.39, 0.29) is 34.9 Å². The minimum atomic E-state index is -0.439. The SMILES string of the molecule is Cc1ccc(C(C)C)c(OCCN2C(=O)S/C(=C\c3ccc(-c4ccc(C)c([N+](=O)[O-])c4)o3)C2=O)c1. The normalized spacial score (nSPS) is 14.8. The minimum absolute atomic E-state index is 0.0000311. The third-order valence-corrected chi connectivity index (χ3v) is 6.74. The lowest BCUT2D eigenvalue weighted by atomic mass is 10.0. The van der Waals surface area contributed by atoms with Crippen molar-refractivity contribution < 1.29 is 23.7 Å². The zero-order valence-corrected chi connectivity index (χ0v) is 21.3. The largest absolute Gasteiger partial charge is 0.491 e. The standard InChI is InChI=1S/C27H26N2O6S/c1-16(2)21-9-5-17(3)13-24(21)34-12-11-28-26(30)25(36-27(28)31)15-20-8-10-23(35-20)19-7-6-18(4)22(14-19)29(32)33/h5-10,13-16H,11-12H2,1-4H3/b25-15-. The van der Waals surface area contributed by atoms with Gasteiger partial charge in [-0.05, 0) is 60.9 Å². The van der Waals surface area contributed by atoms with E-state index in [9.17, 15) is 19.7 Å². The van der Waals surface area contributed by atoms with Crippen molar-refractivity contribution >= 4 is 34.7 Å². The van der Waals surface area contributed by atoms with Crippen LogP contribution < -0.4 is 4.74 Å². The fourth-order valence-corrected chi connectivity index (χ4v) is 4.70. The summed E-state index contributed by atoms with van der Waals surface area (Å²) in [6, 6.07) is 14.2. The molecule has 0 N–H and O–H groups in total. The molecule has 3 aromatic rings. The lowest BCUT2D eigenvalue weighted by Crippen LogP contribution is -2.32. The van der Waals surface area contributed by atoms with Crippen LogP contribution in [0.4, 0.5) is 10.5 Å². The van der Waals surface area contributed by atoms with Crippen LogP contribution in [0.15, 0.2) is 57.9 Å². The summed E-state index contributed by atoms with van der Waals surface area (Å²) in [5, 5.41) is 10.9. The van der Waals surface area contributed by atoms with Crippen molar-refractivity contribution in [1.82, 2.24) is 4.90 Å². The lowest BCUT2D eigenvalue weighted by Gasteiger charge is -2.17. The first kappa shape index (κ1) is 25.2. The Hall–Kier alpha value is -3.85. The van der Waals surface area contributed by atoms with Gasteiger partial charge in [-0.2, -0.15) is 0 Å². The zero-order valence-electron chi connectivity index (χ0n) is 20.4. The first-order chi connectivity index (χ1) is 17.1. The van der Waals surface area contributed by atoms with Gasteiger partial charge in [-0.15, -0.1) is 0 Å². The summed E-state index contributed by atoms with van der Waals surface area (Å²) in [6.45, 7) is 8.13. The topological polar surface area (TPSA) is 103 Å². The summed E-state index contributed by atoms with van der Waals surface area (Å²) in [5.74, 6) is 1.43. The van der Waals surface area contributed by atoms with Crippen molar-refractivity contribution in [1.29, 1.82) is 0 Å². The third kappa shape index (κ3) is 5.36. The maximum absolute atomic E-state index is 12.9. The van der Waals surface area contributed by atoms with E-state index in [2.05, 4.69) is 13.8 Å². The number of imide groups is 1. The molecule has 2 amide bonds. The monoisotopic (exact) mass is 506 g/mol. The molecule has 186 valence electrons. The highest BCUT2D eigenvalue weighted by atomic mass is 32.2. The molecular weight excluding hydrogens is 480 g/mol. The Morgan fingerprint density at radius 2 is 1.89 bits per heavy atom. The van der Waals surface area contributed by atoms with Gasteiger partial charge in [0.15, 0.2) is 0 Å². The van der Waals surface area contributed by atoms with Gasteiger partial charge in [0.25, 0.3) is 16.8 Å². The molecule has 0 aliphatic carbocycles. The summed E-state index contributed by atoms with van der Waals surface area (Å²) in [4.78, 5) is 37.6. The number of thioether (sulfide) groups is 1. The van der Waals surface area contributed by atoms with E-state index in [1.165, 1.54) is 12.1 Å². The van der Waals surface area contributed by atoms with Crippen molar-refractivity contribution in [2.45, 2.75) is 33.6 Å². The number of nitro groups is 1. The molecule has 0 spiro atoms. The Balaban J connectivity index is 1.44. The first-order valence-corrected chi connectivity index (χ1v) is 12.3. The van der Waals surface area contributed by atoms with Gasteiger partial charge >= 0.3 is 0 Å². The van der Waals surface area contributed by atoms with Crippen molar-refractivity contribution in [2.75, 3.05) is 13.2 Å². The van der Waals surface area contributed by atoms with Crippen LogP contribution in [-0.4, -0.2) is 34.1 Å². The fraction of sp³-hybridized carbons (Fsp3) is 0.259. The van der Waals surface area contributed by atoms with E-state index < -0.39 is 10.8 Å². The van der Waals surface area contributed by atoms with Gasteiger partial charge < -0.3 is 9.15 Å².